The second-order valence-corrected chi connectivity index (χ2v) is 5.50. The van der Waals surface area contributed by atoms with Gasteiger partial charge in [-0.05, 0) is 24.6 Å². The number of hydrogen-bond donors (Lipinski definition) is 3. The summed E-state index contributed by atoms with van der Waals surface area (Å²) in [6.45, 7) is 1.78. The minimum absolute atomic E-state index is 0.125. The van der Waals surface area contributed by atoms with Gasteiger partial charge >= 0.3 is 5.97 Å². The van der Waals surface area contributed by atoms with Crippen LogP contribution in [0.5, 0.6) is 0 Å². The lowest BCUT2D eigenvalue weighted by molar-refractivity contribution is -0.139. The molecule has 1 amide bonds. The van der Waals surface area contributed by atoms with E-state index in [2.05, 4.69) is 15.3 Å². The molecule has 0 saturated carbocycles. The molecule has 2 aromatic rings. The first kappa shape index (κ1) is 16.0. The Labute approximate surface area is 127 Å². The van der Waals surface area contributed by atoms with Crippen LogP contribution in [0.15, 0.2) is 24.5 Å². The largest absolute Gasteiger partial charge is 0.481 e. The SMILES string of the molecule is COCC(C)(CC(=O)O)NC(=O)Cc1c[nH]c2ncccc12. The summed E-state index contributed by atoms with van der Waals surface area (Å²) in [5.41, 5.74) is 0.591. The Morgan fingerprint density at radius 1 is 1.50 bits per heavy atom. The van der Waals surface area contributed by atoms with Gasteiger partial charge in [0.05, 0.1) is 25.0 Å². The lowest BCUT2D eigenvalue weighted by Crippen LogP contribution is -2.51. The Kier molecular flexibility index (Phi) is 4.77. The number of ether oxygens (including phenoxy) is 1. The van der Waals surface area contributed by atoms with Crippen molar-refractivity contribution in [3.63, 3.8) is 0 Å². The van der Waals surface area contributed by atoms with E-state index in [1.807, 2.05) is 6.07 Å². The Morgan fingerprint density at radius 3 is 2.95 bits per heavy atom. The third kappa shape index (κ3) is 3.82. The van der Waals surface area contributed by atoms with Gasteiger partial charge in [-0.2, -0.15) is 0 Å². The highest BCUT2D eigenvalue weighted by Gasteiger charge is 2.29. The maximum Gasteiger partial charge on any atom is 0.305 e. The van der Waals surface area contributed by atoms with E-state index < -0.39 is 11.5 Å². The van der Waals surface area contributed by atoms with E-state index in [9.17, 15) is 9.59 Å². The van der Waals surface area contributed by atoms with Gasteiger partial charge in [-0.25, -0.2) is 4.98 Å². The molecule has 1 unspecified atom stereocenters. The van der Waals surface area contributed by atoms with Crippen molar-refractivity contribution in [2.24, 2.45) is 0 Å². The number of carbonyl (C=O) groups excluding carboxylic acids is 1. The van der Waals surface area contributed by atoms with E-state index in [0.29, 0.717) is 0 Å². The van der Waals surface area contributed by atoms with E-state index in [1.54, 1.807) is 25.4 Å². The molecule has 0 aliphatic heterocycles. The average Bonchev–Trinajstić information content (AvgIpc) is 2.81. The lowest BCUT2D eigenvalue weighted by Gasteiger charge is -2.28. The monoisotopic (exact) mass is 305 g/mol. The second kappa shape index (κ2) is 6.57. The fraction of sp³-hybridized carbons (Fsp3) is 0.400. The molecule has 0 aliphatic carbocycles. The summed E-state index contributed by atoms with van der Waals surface area (Å²) >= 11 is 0. The van der Waals surface area contributed by atoms with E-state index in [0.717, 1.165) is 16.6 Å². The summed E-state index contributed by atoms with van der Waals surface area (Å²) in [5, 5.41) is 12.6. The highest BCUT2D eigenvalue weighted by Crippen LogP contribution is 2.17. The van der Waals surface area contributed by atoms with Crippen molar-refractivity contribution in [2.75, 3.05) is 13.7 Å². The van der Waals surface area contributed by atoms with Gasteiger partial charge in [0.25, 0.3) is 0 Å². The number of methoxy groups -OCH3 is 1. The van der Waals surface area contributed by atoms with Crippen LogP contribution in [-0.2, 0) is 20.7 Å². The van der Waals surface area contributed by atoms with Crippen LogP contribution in [0, 0.1) is 0 Å². The van der Waals surface area contributed by atoms with Crippen LogP contribution >= 0.6 is 0 Å². The van der Waals surface area contributed by atoms with Crippen LogP contribution in [-0.4, -0.2) is 46.2 Å². The minimum atomic E-state index is -0.990. The molecule has 7 heteroatoms. The number of hydrogen-bond acceptors (Lipinski definition) is 4. The van der Waals surface area contributed by atoms with Crippen LogP contribution in [0.4, 0.5) is 0 Å². The molecule has 0 saturated heterocycles. The molecule has 3 N–H and O–H groups in total. The van der Waals surface area contributed by atoms with Gasteiger partial charge in [-0.15, -0.1) is 0 Å². The third-order valence-corrected chi connectivity index (χ3v) is 3.33. The van der Waals surface area contributed by atoms with Crippen LogP contribution < -0.4 is 5.32 Å². The van der Waals surface area contributed by atoms with Crippen molar-refractivity contribution in [1.29, 1.82) is 0 Å². The molecule has 0 spiro atoms. The predicted octanol–water partition coefficient (Wildman–Crippen LogP) is 1.10. The molecule has 2 rings (SSSR count). The number of carboxylic acid groups (broad SMARTS) is 1. The molecular weight excluding hydrogens is 286 g/mol. The minimum Gasteiger partial charge on any atom is -0.481 e. The number of amides is 1. The zero-order chi connectivity index (χ0) is 16.2. The topological polar surface area (TPSA) is 104 Å². The maximum atomic E-state index is 12.2. The molecule has 2 heterocycles. The van der Waals surface area contributed by atoms with Crippen LogP contribution in [0.2, 0.25) is 0 Å². The first-order valence-electron chi connectivity index (χ1n) is 6.86. The number of rotatable bonds is 7. The maximum absolute atomic E-state index is 12.2. The Bertz CT molecular complexity index is 682. The Morgan fingerprint density at radius 2 is 2.27 bits per heavy atom. The molecule has 1 atom stereocenters. The van der Waals surface area contributed by atoms with Gasteiger partial charge in [0.1, 0.15) is 5.65 Å². The molecule has 0 radical (unpaired) electrons. The van der Waals surface area contributed by atoms with Crippen molar-refractivity contribution in [3.05, 3.63) is 30.1 Å². The van der Waals surface area contributed by atoms with E-state index in [4.69, 9.17) is 9.84 Å². The molecule has 0 aromatic carbocycles. The van der Waals surface area contributed by atoms with Gasteiger partial charge in [0, 0.05) is 24.9 Å². The second-order valence-electron chi connectivity index (χ2n) is 5.50. The molecule has 7 nitrogen and oxygen atoms in total. The molecule has 0 bridgehead atoms. The van der Waals surface area contributed by atoms with Gasteiger partial charge in [-0.3, -0.25) is 9.59 Å². The fourth-order valence-electron chi connectivity index (χ4n) is 2.50. The summed E-state index contributed by atoms with van der Waals surface area (Å²) in [7, 11) is 1.47. The van der Waals surface area contributed by atoms with Crippen LogP contribution in [0.3, 0.4) is 0 Å². The van der Waals surface area contributed by atoms with Crippen molar-refractivity contribution in [3.8, 4) is 0 Å². The van der Waals surface area contributed by atoms with E-state index in [1.165, 1.54) is 7.11 Å². The standard InChI is InChI=1S/C15H19N3O4/c1-15(9-22-2,7-13(20)21)18-12(19)6-10-8-17-14-11(10)4-3-5-16-14/h3-5,8H,6-7,9H2,1-2H3,(H,16,17)(H,18,19)(H,20,21). The number of pyridine rings is 1. The van der Waals surface area contributed by atoms with Crippen LogP contribution in [0.25, 0.3) is 11.0 Å². The number of carbonyl (C=O) groups is 2. The molecule has 2 aromatic heterocycles. The van der Waals surface area contributed by atoms with Crippen LogP contribution in [0.1, 0.15) is 18.9 Å². The molecule has 0 aliphatic rings. The number of nitrogens with zero attached hydrogens (tertiary/aromatic N) is 1. The summed E-state index contributed by atoms with van der Waals surface area (Å²) < 4.78 is 5.02. The molecular formula is C15H19N3O4. The predicted molar refractivity (Wildman–Crippen MR) is 80.5 cm³/mol. The summed E-state index contributed by atoms with van der Waals surface area (Å²) in [6.07, 6.45) is 3.35. The number of H-pyrrole nitrogens is 1. The number of aliphatic carboxylic acids is 1. The number of fused-ring (bicyclic) bond motifs is 1. The Hall–Kier alpha value is -2.41. The summed E-state index contributed by atoms with van der Waals surface area (Å²) in [6, 6.07) is 3.68. The number of nitrogens with one attached hydrogen (secondary N) is 2. The highest BCUT2D eigenvalue weighted by atomic mass is 16.5. The van der Waals surface area contributed by atoms with Crippen molar-refractivity contribution in [1.82, 2.24) is 15.3 Å². The normalized spacial score (nSPS) is 13.7. The zero-order valence-corrected chi connectivity index (χ0v) is 12.5. The van der Waals surface area contributed by atoms with Gasteiger partial charge < -0.3 is 20.1 Å². The number of aromatic nitrogens is 2. The summed E-state index contributed by atoms with van der Waals surface area (Å²) in [5.74, 6) is -1.25. The van der Waals surface area contributed by atoms with Gasteiger partial charge in [0.2, 0.25) is 5.91 Å². The fourth-order valence-corrected chi connectivity index (χ4v) is 2.50. The van der Waals surface area contributed by atoms with Crippen molar-refractivity contribution < 1.29 is 19.4 Å². The first-order valence-corrected chi connectivity index (χ1v) is 6.86. The van der Waals surface area contributed by atoms with Crippen molar-refractivity contribution in [2.45, 2.75) is 25.3 Å². The number of aromatic amines is 1. The average molecular weight is 305 g/mol. The Balaban J connectivity index is 2.09. The smallest absolute Gasteiger partial charge is 0.305 e. The molecule has 118 valence electrons. The molecule has 22 heavy (non-hydrogen) atoms. The van der Waals surface area contributed by atoms with E-state index in [-0.39, 0.29) is 25.4 Å². The summed E-state index contributed by atoms with van der Waals surface area (Å²) in [4.78, 5) is 30.3. The zero-order valence-electron chi connectivity index (χ0n) is 12.5. The van der Waals surface area contributed by atoms with Gasteiger partial charge in [0.15, 0.2) is 0 Å². The lowest BCUT2D eigenvalue weighted by atomic mass is 9.98. The van der Waals surface area contributed by atoms with E-state index >= 15 is 0 Å². The van der Waals surface area contributed by atoms with Gasteiger partial charge in [-0.1, -0.05) is 0 Å². The molecule has 0 fully saturated rings. The first-order chi connectivity index (χ1) is 10.4. The highest BCUT2D eigenvalue weighted by molar-refractivity contribution is 5.87. The van der Waals surface area contributed by atoms with Crippen molar-refractivity contribution >= 4 is 22.9 Å². The third-order valence-electron chi connectivity index (χ3n) is 3.33. The quantitative estimate of drug-likeness (QED) is 0.710. The number of carboxylic acids is 1.